The Kier molecular flexibility index (Phi) is 3.24. The maximum Gasteiger partial charge on any atom is 0.199 e. The fourth-order valence-electron chi connectivity index (χ4n) is 2.56. The zero-order valence-corrected chi connectivity index (χ0v) is 12.7. The molecule has 0 aliphatic heterocycles. The predicted octanol–water partition coefficient (Wildman–Crippen LogP) is 3.37. The Hall–Kier alpha value is -2.86. The summed E-state index contributed by atoms with van der Waals surface area (Å²) in [7, 11) is 0. The van der Waals surface area contributed by atoms with Crippen molar-refractivity contribution in [2.75, 3.05) is 5.73 Å². The molecule has 2 heterocycles. The Morgan fingerprint density at radius 2 is 1.83 bits per heavy atom. The fourth-order valence-corrected chi connectivity index (χ4v) is 2.76. The van der Waals surface area contributed by atoms with Crippen molar-refractivity contribution in [1.29, 1.82) is 0 Å². The summed E-state index contributed by atoms with van der Waals surface area (Å²) in [5.41, 5.74) is 9.05. The van der Waals surface area contributed by atoms with Crippen LogP contribution in [0.5, 0.6) is 0 Å². The molecule has 6 nitrogen and oxygen atoms in total. The SMILES string of the molecule is Nc1nonc1-c1nc2ccccc2n1Cc1ccccc1Cl. The third-order valence-corrected chi connectivity index (χ3v) is 4.04. The minimum atomic E-state index is 0.209. The Morgan fingerprint density at radius 3 is 2.61 bits per heavy atom. The van der Waals surface area contributed by atoms with Crippen molar-refractivity contribution in [3.8, 4) is 11.5 Å². The first-order valence-corrected chi connectivity index (χ1v) is 7.39. The van der Waals surface area contributed by atoms with E-state index in [2.05, 4.69) is 15.3 Å². The highest BCUT2D eigenvalue weighted by molar-refractivity contribution is 6.31. The van der Waals surface area contributed by atoms with Gasteiger partial charge in [0.25, 0.3) is 0 Å². The summed E-state index contributed by atoms with van der Waals surface area (Å²) in [5.74, 6) is 0.811. The van der Waals surface area contributed by atoms with E-state index in [-0.39, 0.29) is 5.82 Å². The molecule has 0 saturated heterocycles. The molecule has 0 saturated carbocycles. The predicted molar refractivity (Wildman–Crippen MR) is 88.0 cm³/mol. The van der Waals surface area contributed by atoms with Crippen LogP contribution >= 0.6 is 11.6 Å². The van der Waals surface area contributed by atoms with Crippen LogP contribution in [0.25, 0.3) is 22.6 Å². The van der Waals surface area contributed by atoms with E-state index in [1.165, 1.54) is 0 Å². The van der Waals surface area contributed by atoms with Gasteiger partial charge >= 0.3 is 0 Å². The topological polar surface area (TPSA) is 82.8 Å². The molecule has 0 unspecified atom stereocenters. The number of benzene rings is 2. The molecule has 0 amide bonds. The van der Waals surface area contributed by atoms with Crippen molar-refractivity contribution < 1.29 is 4.63 Å². The van der Waals surface area contributed by atoms with Crippen LogP contribution in [0.4, 0.5) is 5.82 Å². The van der Waals surface area contributed by atoms with Crippen LogP contribution in [0.15, 0.2) is 53.2 Å². The normalized spacial score (nSPS) is 11.2. The Bertz CT molecular complexity index is 991. The second kappa shape index (κ2) is 5.40. The number of para-hydroxylation sites is 2. The van der Waals surface area contributed by atoms with Crippen LogP contribution in [0.3, 0.4) is 0 Å². The Morgan fingerprint density at radius 1 is 1.04 bits per heavy atom. The zero-order chi connectivity index (χ0) is 15.8. The molecule has 7 heteroatoms. The van der Waals surface area contributed by atoms with E-state index in [1.807, 2.05) is 53.1 Å². The van der Waals surface area contributed by atoms with Gasteiger partial charge in [-0.1, -0.05) is 41.9 Å². The average Bonchev–Trinajstić information content (AvgIpc) is 3.13. The average molecular weight is 326 g/mol. The van der Waals surface area contributed by atoms with Crippen molar-refractivity contribution in [3.63, 3.8) is 0 Å². The molecule has 0 spiro atoms. The highest BCUT2D eigenvalue weighted by atomic mass is 35.5. The number of nitrogen functional groups attached to an aromatic ring is 1. The lowest BCUT2D eigenvalue weighted by molar-refractivity contribution is 0.310. The van der Waals surface area contributed by atoms with Gasteiger partial charge in [-0.15, -0.1) is 0 Å². The lowest BCUT2D eigenvalue weighted by Gasteiger charge is -2.09. The summed E-state index contributed by atoms with van der Waals surface area (Å²) in [6, 6.07) is 15.5. The number of imidazole rings is 1. The third-order valence-electron chi connectivity index (χ3n) is 3.67. The van der Waals surface area contributed by atoms with Crippen LogP contribution in [-0.4, -0.2) is 19.9 Å². The molecule has 0 aliphatic carbocycles. The molecule has 0 fully saturated rings. The highest BCUT2D eigenvalue weighted by Crippen LogP contribution is 2.28. The molecule has 0 bridgehead atoms. The summed E-state index contributed by atoms with van der Waals surface area (Å²) in [6.45, 7) is 0.543. The number of fused-ring (bicyclic) bond motifs is 1. The standard InChI is InChI=1S/C16H12ClN5O/c17-11-6-2-1-5-10(11)9-22-13-8-4-3-7-12(13)19-16(22)14-15(18)21-23-20-14/h1-8H,9H2,(H2,18,21). The molecule has 2 aromatic heterocycles. The van der Waals surface area contributed by atoms with Crippen LogP contribution in [-0.2, 0) is 6.54 Å². The lowest BCUT2D eigenvalue weighted by atomic mass is 10.2. The van der Waals surface area contributed by atoms with Gasteiger partial charge in [-0.2, -0.15) is 0 Å². The number of halogens is 1. The van der Waals surface area contributed by atoms with Gasteiger partial charge in [0.2, 0.25) is 0 Å². The number of hydrogen-bond donors (Lipinski definition) is 1. The maximum atomic E-state index is 6.30. The van der Waals surface area contributed by atoms with Gasteiger partial charge in [-0.05, 0) is 34.1 Å². The number of hydrogen-bond acceptors (Lipinski definition) is 5. The van der Waals surface area contributed by atoms with Gasteiger partial charge < -0.3 is 10.3 Å². The third kappa shape index (κ3) is 2.33. The summed E-state index contributed by atoms with van der Waals surface area (Å²) >= 11 is 6.30. The van der Waals surface area contributed by atoms with Crippen LogP contribution in [0.1, 0.15) is 5.56 Å². The van der Waals surface area contributed by atoms with E-state index < -0.39 is 0 Å². The van der Waals surface area contributed by atoms with Crippen molar-refractivity contribution in [2.24, 2.45) is 0 Å². The molecular formula is C16H12ClN5O. The van der Waals surface area contributed by atoms with E-state index in [0.29, 0.717) is 23.1 Å². The van der Waals surface area contributed by atoms with E-state index in [0.717, 1.165) is 16.6 Å². The van der Waals surface area contributed by atoms with Gasteiger partial charge in [-0.25, -0.2) is 9.61 Å². The highest BCUT2D eigenvalue weighted by Gasteiger charge is 2.19. The number of rotatable bonds is 3. The quantitative estimate of drug-likeness (QED) is 0.624. The second-order valence-corrected chi connectivity index (χ2v) is 5.51. The number of nitrogens with two attached hydrogens (primary N) is 1. The summed E-state index contributed by atoms with van der Waals surface area (Å²) < 4.78 is 6.73. The monoisotopic (exact) mass is 325 g/mol. The van der Waals surface area contributed by atoms with Gasteiger partial charge in [0.05, 0.1) is 17.6 Å². The van der Waals surface area contributed by atoms with Gasteiger partial charge in [0, 0.05) is 5.02 Å². The molecule has 114 valence electrons. The number of aromatic nitrogens is 4. The van der Waals surface area contributed by atoms with Crippen LogP contribution in [0, 0.1) is 0 Å². The van der Waals surface area contributed by atoms with E-state index >= 15 is 0 Å². The first kappa shape index (κ1) is 13.8. The molecule has 2 aromatic carbocycles. The van der Waals surface area contributed by atoms with Gasteiger partial charge in [0.1, 0.15) is 0 Å². The molecular weight excluding hydrogens is 314 g/mol. The maximum absolute atomic E-state index is 6.30. The van der Waals surface area contributed by atoms with Crippen LogP contribution in [0.2, 0.25) is 5.02 Å². The van der Waals surface area contributed by atoms with E-state index in [1.54, 1.807) is 0 Å². The summed E-state index contributed by atoms with van der Waals surface area (Å²) in [6.07, 6.45) is 0. The van der Waals surface area contributed by atoms with Gasteiger partial charge in [0.15, 0.2) is 17.3 Å². The van der Waals surface area contributed by atoms with Crippen molar-refractivity contribution in [3.05, 3.63) is 59.1 Å². The number of nitrogens with zero attached hydrogens (tertiary/aromatic N) is 4. The van der Waals surface area contributed by atoms with Crippen LogP contribution < -0.4 is 5.73 Å². The molecule has 4 rings (SSSR count). The lowest BCUT2D eigenvalue weighted by Crippen LogP contribution is -2.04. The molecule has 0 aliphatic rings. The second-order valence-electron chi connectivity index (χ2n) is 5.10. The zero-order valence-electron chi connectivity index (χ0n) is 12.0. The minimum absolute atomic E-state index is 0.209. The Balaban J connectivity index is 1.93. The Labute approximate surface area is 136 Å². The first-order chi connectivity index (χ1) is 11.2. The molecule has 0 radical (unpaired) electrons. The molecule has 2 N–H and O–H groups in total. The van der Waals surface area contributed by atoms with E-state index in [9.17, 15) is 0 Å². The summed E-state index contributed by atoms with van der Waals surface area (Å²) in [5, 5.41) is 8.22. The minimum Gasteiger partial charge on any atom is -0.379 e. The van der Waals surface area contributed by atoms with Gasteiger partial charge in [-0.3, -0.25) is 0 Å². The van der Waals surface area contributed by atoms with Crippen molar-refractivity contribution in [1.82, 2.24) is 19.9 Å². The molecule has 23 heavy (non-hydrogen) atoms. The number of anilines is 1. The van der Waals surface area contributed by atoms with Crippen molar-refractivity contribution in [2.45, 2.75) is 6.54 Å². The first-order valence-electron chi connectivity index (χ1n) is 7.01. The van der Waals surface area contributed by atoms with Crippen molar-refractivity contribution >= 4 is 28.5 Å². The fraction of sp³-hybridized carbons (Fsp3) is 0.0625. The molecule has 4 aromatic rings. The smallest absolute Gasteiger partial charge is 0.199 e. The summed E-state index contributed by atoms with van der Waals surface area (Å²) in [4.78, 5) is 4.62. The van der Waals surface area contributed by atoms with E-state index in [4.69, 9.17) is 22.0 Å². The largest absolute Gasteiger partial charge is 0.379 e. The molecule has 0 atom stereocenters.